The van der Waals surface area contributed by atoms with Crippen molar-refractivity contribution in [3.8, 4) is 5.75 Å². The van der Waals surface area contributed by atoms with Crippen LogP contribution >= 0.6 is 31.9 Å². The molecule has 0 radical (unpaired) electrons. The molecular weight excluding hydrogens is 560 g/mol. The zero-order valence-corrected chi connectivity index (χ0v) is 21.2. The Balaban J connectivity index is 1.33. The molecule has 0 unspecified atom stereocenters. The predicted molar refractivity (Wildman–Crippen MR) is 137 cm³/mol. The molecule has 3 aromatic carbocycles. The molecule has 34 heavy (non-hydrogen) atoms. The van der Waals surface area contributed by atoms with Gasteiger partial charge < -0.3 is 4.74 Å². The van der Waals surface area contributed by atoms with E-state index >= 15 is 0 Å². The fraction of sp³-hybridized carbons (Fsp3) is 0.222. The van der Waals surface area contributed by atoms with E-state index in [2.05, 4.69) is 49.1 Å². The predicted octanol–water partition coefficient (Wildman–Crippen LogP) is 6.08. The van der Waals surface area contributed by atoms with Crippen LogP contribution in [0.25, 0.3) is 10.8 Å². The molecule has 6 rings (SSSR count). The second-order valence-corrected chi connectivity index (χ2v) is 10.7. The lowest BCUT2D eigenvalue weighted by molar-refractivity contribution is -0.140. The Morgan fingerprint density at radius 1 is 0.971 bits per heavy atom. The summed E-state index contributed by atoms with van der Waals surface area (Å²) < 4.78 is 8.13. The van der Waals surface area contributed by atoms with Gasteiger partial charge >= 0.3 is 0 Å². The third-order valence-electron chi connectivity index (χ3n) is 7.08. The van der Waals surface area contributed by atoms with Crippen LogP contribution in [0.3, 0.4) is 0 Å². The second-order valence-electron chi connectivity index (χ2n) is 8.96. The number of amides is 2. The van der Waals surface area contributed by atoms with Crippen LogP contribution in [-0.2, 0) is 16.2 Å². The number of allylic oxidation sites excluding steroid dienone is 2. The first-order valence-electron chi connectivity index (χ1n) is 11.2. The summed E-state index contributed by atoms with van der Waals surface area (Å²) >= 11 is 7.05. The lowest BCUT2D eigenvalue weighted by Gasteiger charge is -2.14. The fourth-order valence-electron chi connectivity index (χ4n) is 5.44. The van der Waals surface area contributed by atoms with E-state index in [0.717, 1.165) is 42.3 Å². The molecule has 1 saturated carbocycles. The van der Waals surface area contributed by atoms with Crippen molar-refractivity contribution in [1.29, 1.82) is 0 Å². The summed E-state index contributed by atoms with van der Waals surface area (Å²) in [7, 11) is 0. The van der Waals surface area contributed by atoms with E-state index in [0.29, 0.717) is 12.4 Å². The van der Waals surface area contributed by atoms with Gasteiger partial charge in [0.15, 0.2) is 0 Å². The third kappa shape index (κ3) is 3.53. The lowest BCUT2D eigenvalue weighted by atomic mass is 9.85. The van der Waals surface area contributed by atoms with E-state index in [4.69, 9.17) is 4.74 Å². The number of fused-ring (bicyclic) bond motifs is 6. The van der Waals surface area contributed by atoms with Gasteiger partial charge in [0.05, 0.1) is 18.1 Å². The highest BCUT2D eigenvalue weighted by Gasteiger charge is 2.59. The highest BCUT2D eigenvalue weighted by Crippen LogP contribution is 2.52. The van der Waals surface area contributed by atoms with Crippen LogP contribution in [0.5, 0.6) is 5.75 Å². The van der Waals surface area contributed by atoms with Crippen LogP contribution in [-0.4, -0.2) is 23.0 Å². The van der Waals surface area contributed by atoms with Gasteiger partial charge in [0.2, 0.25) is 0 Å². The van der Waals surface area contributed by atoms with Crippen LogP contribution in [0.2, 0.25) is 0 Å². The molecule has 4 atom stereocenters. The molecule has 3 aliphatic rings. The van der Waals surface area contributed by atoms with E-state index in [-0.39, 0.29) is 35.5 Å². The minimum atomic E-state index is -0.266. The number of rotatable bonds is 5. The van der Waals surface area contributed by atoms with Crippen molar-refractivity contribution in [3.05, 3.63) is 86.8 Å². The standard InChI is InChI=1S/C27H20Br2N2O3/c28-19-9-7-18(22(29)12-19)14-34-23-10-8-15-3-1-2-4-20(15)21(23)13-30-31-26(32)24-16-5-6-17(11-16)25(24)27(31)33/h1-10,12-13,16-17,24-25H,11,14H2/t16-,17-,24-,25+/m0/s1. The Morgan fingerprint density at radius 2 is 1.71 bits per heavy atom. The van der Waals surface area contributed by atoms with Gasteiger partial charge in [0.1, 0.15) is 12.4 Å². The molecule has 2 fully saturated rings. The number of hydrazone groups is 1. The molecule has 0 aromatic heterocycles. The number of halogens is 2. The van der Waals surface area contributed by atoms with Gasteiger partial charge in [-0.25, -0.2) is 0 Å². The Bertz CT molecular complexity index is 1370. The van der Waals surface area contributed by atoms with Gasteiger partial charge in [-0.3, -0.25) is 9.59 Å². The van der Waals surface area contributed by atoms with Crippen LogP contribution in [0, 0.1) is 23.7 Å². The van der Waals surface area contributed by atoms with Gasteiger partial charge in [-0.15, -0.1) is 0 Å². The highest BCUT2D eigenvalue weighted by atomic mass is 79.9. The number of benzene rings is 3. The van der Waals surface area contributed by atoms with Gasteiger partial charge in [-0.05, 0) is 47.2 Å². The summed E-state index contributed by atoms with van der Waals surface area (Å²) in [5, 5.41) is 7.47. The van der Waals surface area contributed by atoms with E-state index in [9.17, 15) is 9.59 Å². The van der Waals surface area contributed by atoms with Crippen LogP contribution in [0.15, 0.2) is 80.8 Å². The summed E-state index contributed by atoms with van der Waals surface area (Å²) in [4.78, 5) is 26.1. The normalized spacial score (nSPS) is 25.2. The Hall–Kier alpha value is -2.77. The topological polar surface area (TPSA) is 59.0 Å². The van der Waals surface area contributed by atoms with Crippen molar-refractivity contribution >= 4 is 60.7 Å². The number of hydrogen-bond acceptors (Lipinski definition) is 4. The minimum Gasteiger partial charge on any atom is -0.488 e. The molecule has 2 aliphatic carbocycles. The number of hydrogen-bond donors (Lipinski definition) is 0. The van der Waals surface area contributed by atoms with Gasteiger partial charge in [0.25, 0.3) is 11.8 Å². The maximum atomic E-state index is 13.0. The number of nitrogens with zero attached hydrogens (tertiary/aromatic N) is 2. The van der Waals surface area contributed by atoms with Crippen LogP contribution in [0.4, 0.5) is 0 Å². The number of carbonyl (C=O) groups excluding carboxylic acids is 2. The van der Waals surface area contributed by atoms with Crippen molar-refractivity contribution in [2.24, 2.45) is 28.8 Å². The van der Waals surface area contributed by atoms with Gasteiger partial charge in [0, 0.05) is 20.1 Å². The van der Waals surface area contributed by atoms with Gasteiger partial charge in [-0.1, -0.05) is 80.4 Å². The highest BCUT2D eigenvalue weighted by molar-refractivity contribution is 9.11. The molecule has 0 N–H and O–H groups in total. The first kappa shape index (κ1) is 21.7. The second kappa shape index (κ2) is 8.47. The zero-order valence-electron chi connectivity index (χ0n) is 18.0. The summed E-state index contributed by atoms with van der Waals surface area (Å²) in [5.74, 6) is 0.0442. The lowest BCUT2D eigenvalue weighted by Crippen LogP contribution is -2.28. The maximum Gasteiger partial charge on any atom is 0.254 e. The van der Waals surface area contributed by atoms with Crippen molar-refractivity contribution < 1.29 is 14.3 Å². The Labute approximate surface area is 213 Å². The molecular formula is C27H20Br2N2O3. The number of ether oxygens (including phenoxy) is 1. The molecule has 2 bridgehead atoms. The van der Waals surface area contributed by atoms with E-state index in [1.54, 1.807) is 6.21 Å². The maximum absolute atomic E-state index is 13.0. The molecule has 1 aliphatic heterocycles. The molecule has 2 amide bonds. The van der Waals surface area contributed by atoms with E-state index < -0.39 is 0 Å². The summed E-state index contributed by atoms with van der Waals surface area (Å²) in [5.41, 5.74) is 1.74. The summed E-state index contributed by atoms with van der Waals surface area (Å²) in [6.45, 7) is 0.355. The number of imide groups is 1. The minimum absolute atomic E-state index is 0.160. The number of carbonyl (C=O) groups is 2. The van der Waals surface area contributed by atoms with Crippen molar-refractivity contribution in [3.63, 3.8) is 0 Å². The SMILES string of the molecule is O=C1[C@@H]2[C@H](C(=O)N1N=Cc1c(OCc3ccc(Br)cc3Br)ccc3ccccc13)[C@H]1C=C[C@H]2C1. The Kier molecular flexibility index (Phi) is 5.41. The monoisotopic (exact) mass is 578 g/mol. The van der Waals surface area contributed by atoms with Crippen LogP contribution in [0.1, 0.15) is 17.5 Å². The summed E-state index contributed by atoms with van der Waals surface area (Å²) in [6, 6.07) is 17.8. The first-order chi connectivity index (χ1) is 16.5. The van der Waals surface area contributed by atoms with Gasteiger partial charge in [-0.2, -0.15) is 10.1 Å². The quantitative estimate of drug-likeness (QED) is 0.209. The molecule has 0 spiro atoms. The van der Waals surface area contributed by atoms with Crippen molar-refractivity contribution in [2.75, 3.05) is 0 Å². The molecule has 170 valence electrons. The third-order valence-corrected chi connectivity index (χ3v) is 8.31. The molecule has 7 heteroatoms. The smallest absolute Gasteiger partial charge is 0.254 e. The Morgan fingerprint density at radius 3 is 2.44 bits per heavy atom. The van der Waals surface area contributed by atoms with E-state index in [1.165, 1.54) is 0 Å². The van der Waals surface area contributed by atoms with Crippen LogP contribution < -0.4 is 4.74 Å². The molecule has 1 heterocycles. The molecule has 1 saturated heterocycles. The summed E-state index contributed by atoms with van der Waals surface area (Å²) in [6.07, 6.45) is 6.67. The van der Waals surface area contributed by atoms with Crippen molar-refractivity contribution in [1.82, 2.24) is 5.01 Å². The van der Waals surface area contributed by atoms with E-state index in [1.807, 2.05) is 54.6 Å². The average molecular weight is 580 g/mol. The molecule has 3 aromatic rings. The first-order valence-corrected chi connectivity index (χ1v) is 12.8. The average Bonchev–Trinajstić information content (AvgIpc) is 3.52. The molecule has 5 nitrogen and oxygen atoms in total. The van der Waals surface area contributed by atoms with Crippen molar-refractivity contribution in [2.45, 2.75) is 13.0 Å². The largest absolute Gasteiger partial charge is 0.488 e. The fourth-order valence-corrected chi connectivity index (χ4v) is 6.61. The zero-order chi connectivity index (χ0) is 23.4.